The van der Waals surface area contributed by atoms with Crippen molar-refractivity contribution in [3.05, 3.63) is 97.5 Å². The van der Waals surface area contributed by atoms with Crippen LogP contribution in [-0.4, -0.2) is 15.7 Å². The van der Waals surface area contributed by atoms with Crippen molar-refractivity contribution in [2.24, 2.45) is 0 Å². The van der Waals surface area contributed by atoms with Gasteiger partial charge in [0.1, 0.15) is 12.4 Å². The molecule has 10 heteroatoms. The molecule has 0 saturated heterocycles. The van der Waals surface area contributed by atoms with E-state index in [1.807, 2.05) is 24.3 Å². The first kappa shape index (κ1) is 22.7. The molecule has 4 aromatic rings. The quantitative estimate of drug-likeness (QED) is 0.265. The molecule has 32 heavy (non-hydrogen) atoms. The van der Waals surface area contributed by atoms with Gasteiger partial charge in [0.2, 0.25) is 0 Å². The number of halogens is 4. The number of carbonyl (C=O) groups is 1. The highest BCUT2D eigenvalue weighted by atomic mass is 79.9. The molecule has 4 rings (SSSR count). The van der Waals surface area contributed by atoms with Crippen LogP contribution in [-0.2, 0) is 13.2 Å². The summed E-state index contributed by atoms with van der Waals surface area (Å²) >= 11 is 21.5. The van der Waals surface area contributed by atoms with Gasteiger partial charge in [-0.25, -0.2) is 0 Å². The molecule has 0 aliphatic rings. The largest absolute Gasteiger partial charge is 0.483 e. The second-order valence-electron chi connectivity index (χ2n) is 6.76. The molecule has 0 spiro atoms. The van der Waals surface area contributed by atoms with E-state index in [1.54, 1.807) is 29.2 Å². The Morgan fingerprint density at radius 1 is 1.09 bits per heavy atom. The fourth-order valence-corrected chi connectivity index (χ4v) is 4.06. The summed E-state index contributed by atoms with van der Waals surface area (Å²) in [4.78, 5) is 12.5. The SMILES string of the molecule is O=C(Nc1cnn(Cc2ccc(Br)cc2)c1)c1ccc(COc2c(Cl)cc(Cl)cc2Cl)o1. The first-order valence-corrected chi connectivity index (χ1v) is 11.2. The molecule has 6 nitrogen and oxygen atoms in total. The summed E-state index contributed by atoms with van der Waals surface area (Å²) in [6.07, 6.45) is 3.33. The van der Waals surface area contributed by atoms with E-state index in [0.717, 1.165) is 10.0 Å². The van der Waals surface area contributed by atoms with Gasteiger partial charge < -0.3 is 14.5 Å². The van der Waals surface area contributed by atoms with Crippen LogP contribution in [0.5, 0.6) is 5.75 Å². The molecule has 0 bridgehead atoms. The molecule has 0 fully saturated rings. The minimum Gasteiger partial charge on any atom is -0.483 e. The summed E-state index contributed by atoms with van der Waals surface area (Å²) in [7, 11) is 0. The molecule has 0 atom stereocenters. The minimum atomic E-state index is -0.401. The van der Waals surface area contributed by atoms with Crippen LogP contribution in [0.25, 0.3) is 0 Å². The molecule has 0 radical (unpaired) electrons. The molecule has 164 valence electrons. The van der Waals surface area contributed by atoms with Gasteiger partial charge in [0.25, 0.3) is 5.91 Å². The third kappa shape index (κ3) is 5.66. The van der Waals surface area contributed by atoms with Crippen molar-refractivity contribution in [2.45, 2.75) is 13.2 Å². The number of aromatic nitrogens is 2. The highest BCUT2D eigenvalue weighted by Gasteiger charge is 2.15. The summed E-state index contributed by atoms with van der Waals surface area (Å²) in [6.45, 7) is 0.626. The van der Waals surface area contributed by atoms with Crippen molar-refractivity contribution in [1.82, 2.24) is 9.78 Å². The van der Waals surface area contributed by atoms with Crippen molar-refractivity contribution in [3.8, 4) is 5.75 Å². The number of furan rings is 1. The van der Waals surface area contributed by atoms with Crippen LogP contribution in [0.1, 0.15) is 21.9 Å². The number of carbonyl (C=O) groups excluding carboxylic acids is 1. The number of nitrogens with zero attached hydrogens (tertiary/aromatic N) is 2. The first-order valence-electron chi connectivity index (χ1n) is 9.31. The monoisotopic (exact) mass is 553 g/mol. The van der Waals surface area contributed by atoms with Crippen molar-refractivity contribution >= 4 is 62.3 Å². The van der Waals surface area contributed by atoms with E-state index in [4.69, 9.17) is 44.0 Å². The third-order valence-corrected chi connectivity index (χ3v) is 5.66. The minimum absolute atomic E-state index is 0.0411. The maximum Gasteiger partial charge on any atom is 0.291 e. The Morgan fingerprint density at radius 2 is 1.81 bits per heavy atom. The van der Waals surface area contributed by atoms with Crippen LogP contribution >= 0.6 is 50.7 Å². The van der Waals surface area contributed by atoms with Crippen LogP contribution < -0.4 is 10.1 Å². The Morgan fingerprint density at radius 3 is 2.53 bits per heavy atom. The van der Waals surface area contributed by atoms with Crippen LogP contribution in [0.3, 0.4) is 0 Å². The van der Waals surface area contributed by atoms with E-state index in [2.05, 4.69) is 26.3 Å². The van der Waals surface area contributed by atoms with Gasteiger partial charge in [0.15, 0.2) is 11.5 Å². The molecule has 1 N–H and O–H groups in total. The number of benzene rings is 2. The molecule has 0 saturated carbocycles. The van der Waals surface area contributed by atoms with Gasteiger partial charge in [-0.2, -0.15) is 5.10 Å². The predicted octanol–water partition coefficient (Wildman–Crippen LogP) is 7.08. The number of ether oxygens (including phenoxy) is 1. The van der Waals surface area contributed by atoms with Crippen LogP contribution in [0.4, 0.5) is 5.69 Å². The van der Waals surface area contributed by atoms with Gasteiger partial charge >= 0.3 is 0 Å². The van der Waals surface area contributed by atoms with E-state index < -0.39 is 5.91 Å². The Balaban J connectivity index is 1.35. The molecule has 0 aliphatic heterocycles. The van der Waals surface area contributed by atoms with Gasteiger partial charge in [-0.1, -0.05) is 62.9 Å². The lowest BCUT2D eigenvalue weighted by molar-refractivity contribution is 0.0992. The average molecular weight is 556 g/mol. The zero-order valence-electron chi connectivity index (χ0n) is 16.3. The number of rotatable bonds is 7. The number of nitrogens with one attached hydrogen (secondary N) is 1. The summed E-state index contributed by atoms with van der Waals surface area (Å²) in [5, 5.41) is 8.02. The maximum absolute atomic E-state index is 12.5. The van der Waals surface area contributed by atoms with E-state index in [9.17, 15) is 4.79 Å². The second-order valence-corrected chi connectivity index (χ2v) is 8.93. The summed E-state index contributed by atoms with van der Waals surface area (Å²) in [5.41, 5.74) is 1.65. The molecule has 0 aliphatic carbocycles. The number of hydrogen-bond acceptors (Lipinski definition) is 4. The summed E-state index contributed by atoms with van der Waals surface area (Å²) in [6, 6.07) is 14.2. The molecular weight excluding hydrogens is 541 g/mol. The van der Waals surface area contributed by atoms with Crippen molar-refractivity contribution in [2.75, 3.05) is 5.32 Å². The fraction of sp³-hybridized carbons (Fsp3) is 0.0909. The van der Waals surface area contributed by atoms with E-state index >= 15 is 0 Å². The Hall–Kier alpha value is -2.45. The summed E-state index contributed by atoms with van der Waals surface area (Å²) < 4.78 is 13.9. The van der Waals surface area contributed by atoms with Crippen LogP contribution in [0.2, 0.25) is 15.1 Å². The van der Waals surface area contributed by atoms with E-state index in [1.165, 1.54) is 12.1 Å². The molecule has 2 heterocycles. The normalized spacial score (nSPS) is 10.9. The Bertz CT molecular complexity index is 1230. The average Bonchev–Trinajstić information content (AvgIpc) is 3.38. The molecule has 2 aromatic carbocycles. The lowest BCUT2D eigenvalue weighted by atomic mass is 10.2. The number of hydrogen-bond donors (Lipinski definition) is 1. The second kappa shape index (κ2) is 10.0. The van der Waals surface area contributed by atoms with E-state index in [0.29, 0.717) is 28.8 Å². The fourth-order valence-electron chi connectivity index (χ4n) is 2.87. The van der Waals surface area contributed by atoms with Gasteiger partial charge in [0.05, 0.1) is 28.5 Å². The molecule has 0 unspecified atom stereocenters. The Kier molecular flexibility index (Phi) is 7.10. The maximum atomic E-state index is 12.5. The van der Waals surface area contributed by atoms with Gasteiger partial charge in [0, 0.05) is 15.7 Å². The number of amides is 1. The lowest BCUT2D eigenvalue weighted by Gasteiger charge is -2.09. The van der Waals surface area contributed by atoms with Crippen molar-refractivity contribution in [1.29, 1.82) is 0 Å². The summed E-state index contributed by atoms with van der Waals surface area (Å²) in [5.74, 6) is 0.459. The van der Waals surface area contributed by atoms with Crippen LogP contribution in [0.15, 0.2) is 69.8 Å². The number of anilines is 1. The zero-order valence-corrected chi connectivity index (χ0v) is 20.2. The lowest BCUT2D eigenvalue weighted by Crippen LogP contribution is -2.10. The van der Waals surface area contributed by atoms with Crippen LogP contribution in [0, 0.1) is 0 Å². The smallest absolute Gasteiger partial charge is 0.291 e. The van der Waals surface area contributed by atoms with Gasteiger partial charge in [-0.05, 0) is 42.0 Å². The highest BCUT2D eigenvalue weighted by Crippen LogP contribution is 2.36. The predicted molar refractivity (Wildman–Crippen MR) is 128 cm³/mol. The standard InChI is InChI=1S/C22H15BrCl3N3O3/c23-14-3-1-13(2-4-14)10-29-11-16(9-27-29)28-22(30)20-6-5-17(32-20)12-31-21-18(25)7-15(24)8-19(21)26/h1-9,11H,10,12H2,(H,28,30). The zero-order chi connectivity index (χ0) is 22.7. The van der Waals surface area contributed by atoms with E-state index in [-0.39, 0.29) is 22.4 Å². The molecule has 1 amide bonds. The first-order chi connectivity index (χ1) is 15.4. The molecule has 2 aromatic heterocycles. The van der Waals surface area contributed by atoms with Crippen molar-refractivity contribution in [3.63, 3.8) is 0 Å². The topological polar surface area (TPSA) is 69.3 Å². The van der Waals surface area contributed by atoms with Gasteiger partial charge in [-0.3, -0.25) is 9.48 Å². The highest BCUT2D eigenvalue weighted by molar-refractivity contribution is 9.10. The molecular formula is C22H15BrCl3N3O3. The Labute approximate surface area is 207 Å². The van der Waals surface area contributed by atoms with Gasteiger partial charge in [-0.15, -0.1) is 0 Å². The third-order valence-electron chi connectivity index (χ3n) is 4.36. The van der Waals surface area contributed by atoms with Crippen molar-refractivity contribution < 1.29 is 13.9 Å².